The minimum absolute atomic E-state index is 0.245. The van der Waals surface area contributed by atoms with Gasteiger partial charge in [-0.15, -0.1) is 0 Å². The lowest BCUT2D eigenvalue weighted by molar-refractivity contribution is -0.136. The van der Waals surface area contributed by atoms with E-state index in [1.165, 1.54) is 24.8 Å². The summed E-state index contributed by atoms with van der Waals surface area (Å²) in [5, 5.41) is 2.17. The van der Waals surface area contributed by atoms with E-state index in [1.807, 2.05) is 0 Å². The van der Waals surface area contributed by atoms with Crippen LogP contribution in [0.5, 0.6) is 0 Å². The van der Waals surface area contributed by atoms with Gasteiger partial charge < -0.3 is 19.9 Å². The summed E-state index contributed by atoms with van der Waals surface area (Å²) in [6.07, 6.45) is 0.507. The molecule has 0 spiro atoms. The van der Waals surface area contributed by atoms with Gasteiger partial charge in [-0.05, 0) is 12.1 Å². The normalized spacial score (nSPS) is 11.6. The number of alkyl halides is 3. The molecule has 0 bridgehead atoms. The van der Waals surface area contributed by atoms with Crippen LogP contribution in [0.15, 0.2) is 41.5 Å². The maximum absolute atomic E-state index is 13.4. The first-order valence-electron chi connectivity index (χ1n) is 6.94. The Kier molecular flexibility index (Phi) is 3.95. The smallest absolute Gasteiger partial charge is 0.420 e. The van der Waals surface area contributed by atoms with Crippen molar-refractivity contribution >= 4 is 17.5 Å². The van der Waals surface area contributed by atoms with Gasteiger partial charge in [0.1, 0.15) is 11.3 Å². The van der Waals surface area contributed by atoms with Gasteiger partial charge in [0.2, 0.25) is 5.91 Å². The number of pyridine rings is 1. The first kappa shape index (κ1) is 16.6. The second kappa shape index (κ2) is 5.96. The Labute approximate surface area is 138 Å². The van der Waals surface area contributed by atoms with Crippen LogP contribution in [-0.2, 0) is 11.0 Å². The number of rotatable bonds is 4. The third-order valence-corrected chi connectivity index (χ3v) is 3.37. The maximum Gasteiger partial charge on any atom is 0.420 e. The first-order valence-corrected chi connectivity index (χ1v) is 6.94. The summed E-state index contributed by atoms with van der Waals surface area (Å²) in [5.74, 6) is -1.59. The average molecular weight is 352 g/mol. The molecule has 0 aromatic carbocycles. The molecule has 3 heterocycles. The van der Waals surface area contributed by atoms with Gasteiger partial charge in [0, 0.05) is 23.5 Å². The Balaban J connectivity index is 2.10. The number of nitrogens with one attached hydrogen (secondary N) is 1. The van der Waals surface area contributed by atoms with E-state index in [2.05, 4.69) is 10.3 Å². The van der Waals surface area contributed by atoms with Gasteiger partial charge in [0.05, 0.1) is 24.6 Å². The van der Waals surface area contributed by atoms with Crippen LogP contribution in [0.25, 0.3) is 16.8 Å². The largest absolute Gasteiger partial charge is 0.472 e. The number of nitrogens with two attached hydrogens (primary N) is 1. The van der Waals surface area contributed by atoms with Crippen LogP contribution in [0.2, 0.25) is 0 Å². The van der Waals surface area contributed by atoms with Crippen molar-refractivity contribution in [3.05, 3.63) is 48.3 Å². The molecule has 7 nitrogen and oxygen atoms in total. The summed E-state index contributed by atoms with van der Waals surface area (Å²) in [4.78, 5) is 26.3. The molecule has 2 amide bonds. The number of aromatic nitrogens is 2. The van der Waals surface area contributed by atoms with Crippen molar-refractivity contribution in [3.63, 3.8) is 0 Å². The Morgan fingerprint density at radius 3 is 2.64 bits per heavy atom. The van der Waals surface area contributed by atoms with Crippen molar-refractivity contribution in [2.45, 2.75) is 6.18 Å². The predicted octanol–water partition coefficient (Wildman–Crippen LogP) is 1.83. The number of nitrogens with zero attached hydrogens (tertiary/aromatic N) is 2. The minimum Gasteiger partial charge on any atom is -0.472 e. The van der Waals surface area contributed by atoms with E-state index in [4.69, 9.17) is 10.2 Å². The first-order chi connectivity index (χ1) is 11.8. The molecule has 0 aliphatic heterocycles. The maximum atomic E-state index is 13.4. The van der Waals surface area contributed by atoms with Gasteiger partial charge in [0.15, 0.2) is 0 Å². The second-order valence-electron chi connectivity index (χ2n) is 5.16. The molecule has 3 aromatic rings. The molecule has 3 aromatic heterocycles. The van der Waals surface area contributed by atoms with E-state index in [9.17, 15) is 22.8 Å². The molecular weight excluding hydrogens is 341 g/mol. The Bertz CT molecular complexity index is 945. The second-order valence-corrected chi connectivity index (χ2v) is 5.16. The number of carbonyl (C=O) groups excluding carboxylic acids is 2. The number of halogens is 3. The van der Waals surface area contributed by atoms with Crippen LogP contribution in [0.1, 0.15) is 16.1 Å². The van der Waals surface area contributed by atoms with Gasteiger partial charge in [-0.25, -0.2) is 4.98 Å². The molecule has 0 radical (unpaired) electrons. The van der Waals surface area contributed by atoms with Crippen molar-refractivity contribution in [2.24, 2.45) is 5.73 Å². The number of primary amides is 1. The fourth-order valence-corrected chi connectivity index (χ4v) is 2.26. The van der Waals surface area contributed by atoms with Gasteiger partial charge in [-0.3, -0.25) is 9.59 Å². The zero-order valence-electron chi connectivity index (χ0n) is 12.5. The molecule has 130 valence electrons. The lowest BCUT2D eigenvalue weighted by Crippen LogP contribution is -2.33. The van der Waals surface area contributed by atoms with Gasteiger partial charge in [-0.2, -0.15) is 13.2 Å². The summed E-state index contributed by atoms with van der Waals surface area (Å²) in [6.45, 7) is -0.445. The molecule has 3 N–H and O–H groups in total. The average Bonchev–Trinajstić information content (AvgIpc) is 3.19. The van der Waals surface area contributed by atoms with Crippen LogP contribution >= 0.6 is 0 Å². The fraction of sp³-hybridized carbons (Fsp3) is 0.133. The van der Waals surface area contributed by atoms with E-state index < -0.39 is 35.7 Å². The summed E-state index contributed by atoms with van der Waals surface area (Å²) in [7, 11) is 0. The fourth-order valence-electron chi connectivity index (χ4n) is 2.26. The summed E-state index contributed by atoms with van der Waals surface area (Å²) < 4.78 is 46.1. The molecule has 0 unspecified atom stereocenters. The monoisotopic (exact) mass is 352 g/mol. The molecule has 3 rings (SSSR count). The van der Waals surface area contributed by atoms with Crippen molar-refractivity contribution < 1.29 is 27.2 Å². The molecular formula is C15H11F3N4O3. The quantitative estimate of drug-likeness (QED) is 0.748. The molecule has 10 heteroatoms. The highest BCUT2D eigenvalue weighted by atomic mass is 19.4. The highest BCUT2D eigenvalue weighted by molar-refractivity contribution is 5.95. The number of fused-ring (bicyclic) bond motifs is 1. The summed E-state index contributed by atoms with van der Waals surface area (Å²) in [6, 6.07) is 2.44. The highest BCUT2D eigenvalue weighted by Gasteiger charge is 2.35. The van der Waals surface area contributed by atoms with E-state index in [1.54, 1.807) is 0 Å². The topological polar surface area (TPSA) is 103 Å². The molecule has 0 atom stereocenters. The number of imidazole rings is 1. The number of carbonyl (C=O) groups is 2. The molecule has 0 saturated heterocycles. The minimum atomic E-state index is -4.67. The van der Waals surface area contributed by atoms with Crippen LogP contribution in [0.4, 0.5) is 13.2 Å². The highest BCUT2D eigenvalue weighted by Crippen LogP contribution is 2.35. The van der Waals surface area contributed by atoms with Crippen LogP contribution in [0, 0.1) is 0 Å². The van der Waals surface area contributed by atoms with Crippen molar-refractivity contribution in [1.29, 1.82) is 0 Å². The standard InChI is InChI=1S/C15H11F3N4O3/c16-15(17,18)10-3-9(8-1-2-25-7-8)5-22-6-11(21-13(10)22)14(24)20-4-12(19)23/h1-3,5-7H,4H2,(H2,19,23)(H,20,24). The molecule has 0 saturated carbocycles. The number of hydrogen-bond acceptors (Lipinski definition) is 4. The lowest BCUT2D eigenvalue weighted by atomic mass is 10.1. The Morgan fingerprint density at radius 2 is 2.04 bits per heavy atom. The number of furan rings is 1. The SMILES string of the molecule is NC(=O)CNC(=O)c1cn2cc(-c3ccoc3)cc(C(F)(F)F)c2n1. The van der Waals surface area contributed by atoms with Crippen LogP contribution < -0.4 is 11.1 Å². The van der Waals surface area contributed by atoms with E-state index in [-0.39, 0.29) is 11.3 Å². The van der Waals surface area contributed by atoms with Crippen LogP contribution in [0.3, 0.4) is 0 Å². The third kappa shape index (κ3) is 3.32. The van der Waals surface area contributed by atoms with Crippen molar-refractivity contribution in [3.8, 4) is 11.1 Å². The van der Waals surface area contributed by atoms with Gasteiger partial charge in [0.25, 0.3) is 5.91 Å². The van der Waals surface area contributed by atoms with Crippen molar-refractivity contribution in [1.82, 2.24) is 14.7 Å². The zero-order chi connectivity index (χ0) is 18.2. The van der Waals surface area contributed by atoms with Gasteiger partial charge >= 0.3 is 6.18 Å². The molecule has 0 aliphatic rings. The van der Waals surface area contributed by atoms with Crippen molar-refractivity contribution in [2.75, 3.05) is 6.54 Å². The Hall–Kier alpha value is -3.30. The van der Waals surface area contributed by atoms with Gasteiger partial charge in [-0.1, -0.05) is 0 Å². The summed E-state index contributed by atoms with van der Waals surface area (Å²) in [5.41, 5.74) is 3.91. The molecule has 0 aliphatic carbocycles. The molecule has 25 heavy (non-hydrogen) atoms. The predicted molar refractivity (Wildman–Crippen MR) is 79.4 cm³/mol. The van der Waals surface area contributed by atoms with Crippen LogP contribution in [-0.4, -0.2) is 27.7 Å². The third-order valence-electron chi connectivity index (χ3n) is 3.37. The zero-order valence-corrected chi connectivity index (χ0v) is 12.5. The number of hydrogen-bond donors (Lipinski definition) is 2. The van der Waals surface area contributed by atoms with E-state index in [0.29, 0.717) is 5.56 Å². The lowest BCUT2D eigenvalue weighted by Gasteiger charge is -2.10. The Morgan fingerprint density at radius 1 is 1.28 bits per heavy atom. The molecule has 0 fully saturated rings. The van der Waals surface area contributed by atoms with E-state index in [0.717, 1.165) is 16.7 Å². The number of amides is 2. The van der Waals surface area contributed by atoms with E-state index >= 15 is 0 Å². The summed E-state index contributed by atoms with van der Waals surface area (Å²) >= 11 is 0.